The molecular formula is C11H18N5O5P. The minimum Gasteiger partial charge on any atom is -0.369 e. The third-order valence-corrected chi connectivity index (χ3v) is 4.20. The lowest BCUT2D eigenvalue weighted by atomic mass is 10.3. The number of nitrogens with one attached hydrogen (secondary N) is 1. The summed E-state index contributed by atoms with van der Waals surface area (Å²) in [7, 11) is -4.30. The van der Waals surface area contributed by atoms with E-state index in [1.807, 2.05) is 6.92 Å². The van der Waals surface area contributed by atoms with E-state index in [1.54, 1.807) is 4.57 Å². The van der Waals surface area contributed by atoms with E-state index in [9.17, 15) is 19.1 Å². The van der Waals surface area contributed by atoms with Gasteiger partial charge in [0.05, 0.1) is 12.9 Å². The monoisotopic (exact) mass is 331 g/mol. The molecule has 122 valence electrons. The zero-order valence-electron chi connectivity index (χ0n) is 12.0. The molecule has 0 amide bonds. The van der Waals surface area contributed by atoms with Crippen LogP contribution >= 0.6 is 7.60 Å². The average molecular weight is 331 g/mol. The second kappa shape index (κ2) is 6.57. The van der Waals surface area contributed by atoms with Crippen molar-refractivity contribution in [1.82, 2.24) is 19.5 Å². The summed E-state index contributed by atoms with van der Waals surface area (Å²) in [5.41, 5.74) is 5.49. The summed E-state index contributed by atoms with van der Waals surface area (Å²) in [4.78, 5) is 40.3. The van der Waals surface area contributed by atoms with Crippen molar-refractivity contribution in [3.8, 4) is 0 Å². The summed E-state index contributed by atoms with van der Waals surface area (Å²) in [5, 5.41) is 0. The zero-order chi connectivity index (χ0) is 16.3. The van der Waals surface area contributed by atoms with E-state index in [4.69, 9.17) is 10.5 Å². The Balaban J connectivity index is 2.09. The van der Waals surface area contributed by atoms with Crippen LogP contribution in [0.15, 0.2) is 11.1 Å². The molecule has 0 bridgehead atoms. The van der Waals surface area contributed by atoms with E-state index in [0.29, 0.717) is 12.1 Å². The van der Waals surface area contributed by atoms with Crippen molar-refractivity contribution in [2.24, 2.45) is 0 Å². The molecule has 0 spiro atoms. The van der Waals surface area contributed by atoms with Gasteiger partial charge in [0.25, 0.3) is 5.56 Å². The first-order chi connectivity index (χ1) is 10.3. The molecule has 1 atom stereocenters. The summed E-state index contributed by atoms with van der Waals surface area (Å²) in [6, 6.07) is 0. The molecule has 5 N–H and O–H groups in total. The number of hydrogen-bond donors (Lipinski definition) is 4. The average Bonchev–Trinajstić information content (AvgIpc) is 2.80. The van der Waals surface area contributed by atoms with Crippen LogP contribution in [0.4, 0.5) is 5.95 Å². The van der Waals surface area contributed by atoms with Gasteiger partial charge in [-0.1, -0.05) is 13.3 Å². The number of nitrogens with zero attached hydrogens (tertiary/aromatic N) is 3. The Morgan fingerprint density at radius 3 is 2.91 bits per heavy atom. The smallest absolute Gasteiger partial charge is 0.354 e. The molecule has 0 saturated carbocycles. The Morgan fingerprint density at radius 1 is 1.55 bits per heavy atom. The fourth-order valence-corrected chi connectivity index (χ4v) is 2.91. The number of fused-ring (bicyclic) bond motifs is 1. The minimum absolute atomic E-state index is 0.0285. The predicted octanol–water partition coefficient (Wildman–Crippen LogP) is 0.0223. The highest BCUT2D eigenvalue weighted by Crippen LogP contribution is 2.43. The van der Waals surface area contributed by atoms with Crippen LogP contribution in [0.5, 0.6) is 0 Å². The molecular weight excluding hydrogens is 313 g/mol. The summed E-state index contributed by atoms with van der Waals surface area (Å²) in [6.07, 6.45) is 2.26. The molecule has 0 radical (unpaired) electrons. The first kappa shape index (κ1) is 16.6. The lowest BCUT2D eigenvalue weighted by Gasteiger charge is -2.18. The van der Waals surface area contributed by atoms with Crippen LogP contribution in [-0.2, 0) is 15.8 Å². The summed E-state index contributed by atoms with van der Waals surface area (Å²) in [6.45, 7) is 2.11. The van der Waals surface area contributed by atoms with Crippen LogP contribution in [0.25, 0.3) is 11.2 Å². The highest BCUT2D eigenvalue weighted by molar-refractivity contribution is 7.52. The maximum absolute atomic E-state index is 11.6. The first-order valence-corrected chi connectivity index (χ1v) is 8.38. The number of H-pyrrole nitrogens is 1. The van der Waals surface area contributed by atoms with Gasteiger partial charge in [-0.3, -0.25) is 14.3 Å². The number of hydrogen-bond acceptors (Lipinski definition) is 6. The zero-order valence-corrected chi connectivity index (χ0v) is 12.9. The van der Waals surface area contributed by atoms with Crippen LogP contribution in [0.1, 0.15) is 19.8 Å². The van der Waals surface area contributed by atoms with E-state index in [1.165, 1.54) is 6.33 Å². The minimum atomic E-state index is -4.30. The predicted molar refractivity (Wildman–Crippen MR) is 79.3 cm³/mol. The van der Waals surface area contributed by atoms with Crippen molar-refractivity contribution in [2.75, 3.05) is 12.3 Å². The topological polar surface area (TPSA) is 156 Å². The molecule has 2 aromatic rings. The molecule has 22 heavy (non-hydrogen) atoms. The molecule has 1 unspecified atom stereocenters. The van der Waals surface area contributed by atoms with Gasteiger partial charge < -0.3 is 24.8 Å². The largest absolute Gasteiger partial charge is 0.369 e. The molecule has 11 heteroatoms. The fraction of sp³-hybridized carbons (Fsp3) is 0.545. The van der Waals surface area contributed by atoms with E-state index < -0.39 is 19.0 Å². The first-order valence-electron chi connectivity index (χ1n) is 6.70. The third-order valence-electron chi connectivity index (χ3n) is 3.05. The van der Waals surface area contributed by atoms with Crippen molar-refractivity contribution >= 4 is 24.7 Å². The molecule has 0 fully saturated rings. The van der Waals surface area contributed by atoms with Crippen molar-refractivity contribution in [3.05, 3.63) is 16.7 Å². The molecule has 0 aliphatic carbocycles. The van der Waals surface area contributed by atoms with Gasteiger partial charge >= 0.3 is 7.60 Å². The van der Waals surface area contributed by atoms with Crippen molar-refractivity contribution < 1.29 is 19.1 Å². The second-order valence-corrected chi connectivity index (χ2v) is 6.52. The number of imidazole rings is 1. The van der Waals surface area contributed by atoms with Crippen molar-refractivity contribution in [1.29, 1.82) is 0 Å². The van der Waals surface area contributed by atoms with Crippen LogP contribution in [-0.4, -0.2) is 41.8 Å². The standard InChI is InChI=1S/C11H18N5O5P/c1-2-3-7(22(18,19)20)21-5-4-16-6-13-8-9(16)14-11(12)15-10(8)17/h6-7H,2-5H2,1H3,(H2,18,19,20)(H3,12,14,15,17). The van der Waals surface area contributed by atoms with Gasteiger partial charge in [0.2, 0.25) is 5.95 Å². The Bertz CT molecular complexity index is 751. The lowest BCUT2D eigenvalue weighted by molar-refractivity contribution is 0.0745. The Kier molecular flexibility index (Phi) is 4.97. The summed E-state index contributed by atoms with van der Waals surface area (Å²) >= 11 is 0. The van der Waals surface area contributed by atoms with Gasteiger partial charge in [-0.25, -0.2) is 4.98 Å². The maximum atomic E-state index is 11.6. The van der Waals surface area contributed by atoms with Crippen LogP contribution < -0.4 is 11.3 Å². The number of rotatable bonds is 7. The van der Waals surface area contributed by atoms with Gasteiger partial charge in [-0.05, 0) is 6.42 Å². The van der Waals surface area contributed by atoms with E-state index in [-0.39, 0.29) is 31.0 Å². The Morgan fingerprint density at radius 2 is 2.27 bits per heavy atom. The normalized spacial score (nSPS) is 13.6. The quantitative estimate of drug-likeness (QED) is 0.517. The van der Waals surface area contributed by atoms with E-state index in [0.717, 1.165) is 0 Å². The molecule has 0 aliphatic rings. The molecule has 0 aliphatic heterocycles. The fourth-order valence-electron chi connectivity index (χ4n) is 2.02. The van der Waals surface area contributed by atoms with Crippen molar-refractivity contribution in [3.63, 3.8) is 0 Å². The van der Waals surface area contributed by atoms with Crippen molar-refractivity contribution in [2.45, 2.75) is 32.2 Å². The van der Waals surface area contributed by atoms with Gasteiger partial charge in [0.15, 0.2) is 17.0 Å². The summed E-state index contributed by atoms with van der Waals surface area (Å²) in [5.74, 6) is -1.16. The van der Waals surface area contributed by atoms with Crippen LogP contribution in [0.2, 0.25) is 0 Å². The summed E-state index contributed by atoms with van der Waals surface area (Å²) < 4.78 is 18.1. The lowest BCUT2D eigenvalue weighted by Crippen LogP contribution is -2.17. The van der Waals surface area contributed by atoms with Gasteiger partial charge in [0.1, 0.15) is 0 Å². The number of anilines is 1. The number of aromatic nitrogens is 4. The van der Waals surface area contributed by atoms with E-state index >= 15 is 0 Å². The van der Waals surface area contributed by atoms with E-state index in [2.05, 4.69) is 15.0 Å². The second-order valence-electron chi connectivity index (χ2n) is 4.76. The molecule has 0 aromatic carbocycles. The molecule has 2 aromatic heterocycles. The Labute approximate surface area is 125 Å². The highest BCUT2D eigenvalue weighted by atomic mass is 31.2. The Hall–Kier alpha value is -1.74. The SMILES string of the molecule is CCCC(OCCn1cnc2c(=O)[nH]c(N)nc21)P(=O)(O)O. The molecule has 2 rings (SSSR count). The molecule has 10 nitrogen and oxygen atoms in total. The maximum Gasteiger partial charge on any atom is 0.354 e. The van der Waals surface area contributed by atoms with Gasteiger partial charge in [-0.2, -0.15) is 4.98 Å². The van der Waals surface area contributed by atoms with Crippen LogP contribution in [0.3, 0.4) is 0 Å². The van der Waals surface area contributed by atoms with Crippen LogP contribution in [0, 0.1) is 0 Å². The number of nitrogen functional groups attached to an aromatic ring is 1. The number of aromatic amines is 1. The van der Waals surface area contributed by atoms with Gasteiger partial charge in [-0.15, -0.1) is 0 Å². The number of ether oxygens (including phenoxy) is 1. The molecule has 0 saturated heterocycles. The van der Waals surface area contributed by atoms with Gasteiger partial charge in [0, 0.05) is 6.54 Å². The number of nitrogens with two attached hydrogens (primary N) is 1. The highest BCUT2D eigenvalue weighted by Gasteiger charge is 2.28. The third kappa shape index (κ3) is 3.72. The molecule has 2 heterocycles.